The van der Waals surface area contributed by atoms with Crippen LogP contribution in [0.5, 0.6) is 0 Å². The molecular weight excluding hydrogens is 192 g/mol. The minimum atomic E-state index is -0.0767. The molecule has 0 bridgehead atoms. The molecule has 0 spiro atoms. The molecule has 0 saturated heterocycles. The standard InChI is InChI=1S/C12H24O3/c1-4-14-9-6-5-7-12(13)15-10-8-11(2)3/h11H,4-10H2,1-3H3. The third-order valence-electron chi connectivity index (χ3n) is 2.08. The Morgan fingerprint density at radius 1 is 1.20 bits per heavy atom. The molecule has 0 unspecified atom stereocenters. The Balaban J connectivity index is 3.19. The lowest BCUT2D eigenvalue weighted by Gasteiger charge is -2.06. The van der Waals surface area contributed by atoms with E-state index in [0.29, 0.717) is 18.9 Å². The number of carbonyl (C=O) groups excluding carboxylic acids is 1. The van der Waals surface area contributed by atoms with Crippen LogP contribution < -0.4 is 0 Å². The van der Waals surface area contributed by atoms with Gasteiger partial charge in [-0.2, -0.15) is 0 Å². The molecule has 3 nitrogen and oxygen atoms in total. The molecular formula is C12H24O3. The number of hydrogen-bond acceptors (Lipinski definition) is 3. The molecule has 0 heterocycles. The summed E-state index contributed by atoms with van der Waals surface area (Å²) in [6.45, 7) is 8.27. The SMILES string of the molecule is CCOCCCCC(=O)OCCC(C)C. The smallest absolute Gasteiger partial charge is 0.305 e. The lowest BCUT2D eigenvalue weighted by Crippen LogP contribution is -2.07. The second kappa shape index (κ2) is 9.97. The van der Waals surface area contributed by atoms with Crippen molar-refractivity contribution in [3.8, 4) is 0 Å². The van der Waals surface area contributed by atoms with Crippen LogP contribution in [-0.2, 0) is 14.3 Å². The number of esters is 1. The van der Waals surface area contributed by atoms with Gasteiger partial charge in [0, 0.05) is 19.6 Å². The highest BCUT2D eigenvalue weighted by Crippen LogP contribution is 2.02. The third-order valence-corrected chi connectivity index (χ3v) is 2.08. The summed E-state index contributed by atoms with van der Waals surface area (Å²) in [5, 5.41) is 0. The van der Waals surface area contributed by atoms with Gasteiger partial charge in [-0.15, -0.1) is 0 Å². The maximum atomic E-state index is 11.2. The number of hydrogen-bond donors (Lipinski definition) is 0. The predicted octanol–water partition coefficient (Wildman–Crippen LogP) is 2.78. The zero-order valence-electron chi connectivity index (χ0n) is 10.3. The van der Waals surface area contributed by atoms with Crippen molar-refractivity contribution in [3.05, 3.63) is 0 Å². The molecule has 0 aromatic rings. The largest absolute Gasteiger partial charge is 0.466 e. The average Bonchev–Trinajstić information content (AvgIpc) is 2.17. The summed E-state index contributed by atoms with van der Waals surface area (Å²) < 4.78 is 10.3. The fourth-order valence-corrected chi connectivity index (χ4v) is 1.10. The van der Waals surface area contributed by atoms with Crippen molar-refractivity contribution in [1.82, 2.24) is 0 Å². The normalized spacial score (nSPS) is 10.7. The van der Waals surface area contributed by atoms with Crippen LogP contribution in [0.25, 0.3) is 0 Å². The first-order valence-electron chi connectivity index (χ1n) is 5.90. The molecule has 90 valence electrons. The van der Waals surface area contributed by atoms with Crippen molar-refractivity contribution in [3.63, 3.8) is 0 Å². The molecule has 0 N–H and O–H groups in total. The fourth-order valence-electron chi connectivity index (χ4n) is 1.10. The molecule has 0 aromatic heterocycles. The molecule has 0 fully saturated rings. The maximum Gasteiger partial charge on any atom is 0.305 e. The number of carbonyl (C=O) groups is 1. The van der Waals surface area contributed by atoms with Gasteiger partial charge in [0.2, 0.25) is 0 Å². The summed E-state index contributed by atoms with van der Waals surface area (Å²) in [5.41, 5.74) is 0. The minimum Gasteiger partial charge on any atom is -0.466 e. The van der Waals surface area contributed by atoms with Gasteiger partial charge in [0.15, 0.2) is 0 Å². The van der Waals surface area contributed by atoms with E-state index in [-0.39, 0.29) is 5.97 Å². The second-order valence-corrected chi connectivity index (χ2v) is 4.06. The quantitative estimate of drug-likeness (QED) is 0.439. The predicted molar refractivity (Wildman–Crippen MR) is 60.8 cm³/mol. The Kier molecular flexibility index (Phi) is 9.59. The lowest BCUT2D eigenvalue weighted by atomic mass is 10.1. The van der Waals surface area contributed by atoms with Crippen LogP contribution in [-0.4, -0.2) is 25.8 Å². The second-order valence-electron chi connectivity index (χ2n) is 4.06. The van der Waals surface area contributed by atoms with Crippen molar-refractivity contribution >= 4 is 5.97 Å². The number of unbranched alkanes of at least 4 members (excludes halogenated alkanes) is 1. The molecule has 15 heavy (non-hydrogen) atoms. The van der Waals surface area contributed by atoms with Gasteiger partial charge in [0.25, 0.3) is 0 Å². The first-order chi connectivity index (χ1) is 7.16. The van der Waals surface area contributed by atoms with Crippen molar-refractivity contribution < 1.29 is 14.3 Å². The molecule has 0 atom stereocenters. The van der Waals surface area contributed by atoms with E-state index in [1.165, 1.54) is 0 Å². The minimum absolute atomic E-state index is 0.0767. The molecule has 0 amide bonds. The van der Waals surface area contributed by atoms with Crippen LogP contribution in [0.2, 0.25) is 0 Å². The van der Waals surface area contributed by atoms with Crippen LogP contribution in [0.1, 0.15) is 46.5 Å². The summed E-state index contributed by atoms with van der Waals surface area (Å²) in [4.78, 5) is 11.2. The molecule has 0 aliphatic carbocycles. The number of rotatable bonds is 9. The van der Waals surface area contributed by atoms with Crippen molar-refractivity contribution in [2.75, 3.05) is 19.8 Å². The number of ether oxygens (including phenoxy) is 2. The summed E-state index contributed by atoms with van der Waals surface area (Å²) >= 11 is 0. The van der Waals surface area contributed by atoms with Gasteiger partial charge < -0.3 is 9.47 Å². The van der Waals surface area contributed by atoms with Crippen molar-refractivity contribution in [2.45, 2.75) is 46.5 Å². The van der Waals surface area contributed by atoms with Crippen LogP contribution in [0, 0.1) is 5.92 Å². The van der Waals surface area contributed by atoms with Gasteiger partial charge in [-0.05, 0) is 32.1 Å². The van der Waals surface area contributed by atoms with E-state index in [1.807, 2.05) is 6.92 Å². The van der Waals surface area contributed by atoms with Crippen LogP contribution in [0.15, 0.2) is 0 Å². The van der Waals surface area contributed by atoms with E-state index >= 15 is 0 Å². The molecule has 0 saturated carbocycles. The Bertz CT molecular complexity index is 155. The highest BCUT2D eigenvalue weighted by atomic mass is 16.5. The fraction of sp³-hybridized carbons (Fsp3) is 0.917. The van der Waals surface area contributed by atoms with E-state index in [1.54, 1.807) is 0 Å². The van der Waals surface area contributed by atoms with Crippen LogP contribution >= 0.6 is 0 Å². The summed E-state index contributed by atoms with van der Waals surface area (Å²) in [6.07, 6.45) is 3.27. The topological polar surface area (TPSA) is 35.5 Å². The Labute approximate surface area is 93.1 Å². The summed E-state index contributed by atoms with van der Waals surface area (Å²) in [5.74, 6) is 0.517. The third kappa shape index (κ3) is 11.4. The van der Waals surface area contributed by atoms with Gasteiger partial charge in [-0.25, -0.2) is 0 Å². The zero-order chi connectivity index (χ0) is 11.5. The summed E-state index contributed by atoms with van der Waals surface area (Å²) in [7, 11) is 0. The maximum absolute atomic E-state index is 11.2. The highest BCUT2D eigenvalue weighted by Gasteiger charge is 2.02. The van der Waals surface area contributed by atoms with E-state index in [9.17, 15) is 4.79 Å². The average molecular weight is 216 g/mol. The van der Waals surface area contributed by atoms with Gasteiger partial charge in [-0.1, -0.05) is 13.8 Å². The zero-order valence-corrected chi connectivity index (χ0v) is 10.3. The Morgan fingerprint density at radius 3 is 2.53 bits per heavy atom. The van der Waals surface area contributed by atoms with E-state index in [4.69, 9.17) is 9.47 Å². The monoisotopic (exact) mass is 216 g/mol. The van der Waals surface area contributed by atoms with Crippen LogP contribution in [0.3, 0.4) is 0 Å². The van der Waals surface area contributed by atoms with Crippen molar-refractivity contribution in [2.24, 2.45) is 5.92 Å². The lowest BCUT2D eigenvalue weighted by molar-refractivity contribution is -0.144. The molecule has 0 aromatic carbocycles. The summed E-state index contributed by atoms with van der Waals surface area (Å²) in [6, 6.07) is 0. The first kappa shape index (κ1) is 14.4. The molecule has 0 radical (unpaired) electrons. The van der Waals surface area contributed by atoms with Crippen molar-refractivity contribution in [1.29, 1.82) is 0 Å². The van der Waals surface area contributed by atoms with E-state index < -0.39 is 0 Å². The van der Waals surface area contributed by atoms with Crippen LogP contribution in [0.4, 0.5) is 0 Å². The molecule has 0 aliphatic rings. The van der Waals surface area contributed by atoms with E-state index in [0.717, 1.165) is 32.5 Å². The van der Waals surface area contributed by atoms with Gasteiger partial charge in [0.05, 0.1) is 6.61 Å². The van der Waals surface area contributed by atoms with Gasteiger partial charge >= 0.3 is 5.97 Å². The Morgan fingerprint density at radius 2 is 1.93 bits per heavy atom. The molecule has 0 rings (SSSR count). The van der Waals surface area contributed by atoms with Gasteiger partial charge in [-0.3, -0.25) is 4.79 Å². The highest BCUT2D eigenvalue weighted by molar-refractivity contribution is 5.69. The molecule has 3 heteroatoms. The van der Waals surface area contributed by atoms with E-state index in [2.05, 4.69) is 13.8 Å². The molecule has 0 aliphatic heterocycles. The first-order valence-corrected chi connectivity index (χ1v) is 5.90. The Hall–Kier alpha value is -0.570. The van der Waals surface area contributed by atoms with Gasteiger partial charge in [0.1, 0.15) is 0 Å².